The molecular formula is C14H14F3N3O2. The predicted octanol–water partition coefficient (Wildman–Crippen LogP) is 2.67. The van der Waals surface area contributed by atoms with Crippen LogP contribution in [0.15, 0.2) is 36.5 Å². The molecule has 0 spiro atoms. The molecular weight excluding hydrogens is 299 g/mol. The van der Waals surface area contributed by atoms with Crippen LogP contribution in [-0.4, -0.2) is 27.1 Å². The molecule has 2 aromatic rings. The summed E-state index contributed by atoms with van der Waals surface area (Å²) in [4.78, 5) is 11.0. The van der Waals surface area contributed by atoms with Gasteiger partial charge in [0.25, 0.3) is 0 Å². The maximum Gasteiger partial charge on any atom is 0.490 e. The number of halogens is 3. The predicted molar refractivity (Wildman–Crippen MR) is 70.7 cm³/mol. The molecule has 0 saturated carbocycles. The Labute approximate surface area is 124 Å². The zero-order chi connectivity index (χ0) is 16.4. The summed E-state index contributed by atoms with van der Waals surface area (Å²) >= 11 is 0. The molecule has 0 amide bonds. The van der Waals surface area contributed by atoms with E-state index in [4.69, 9.17) is 0 Å². The third-order valence-corrected chi connectivity index (χ3v) is 2.99. The SMILES string of the molecule is CC(C)(OC(=O)C(F)(F)F)c1cnnn1Cc1ccccc1. The number of benzene rings is 1. The first-order valence-electron chi connectivity index (χ1n) is 6.43. The van der Waals surface area contributed by atoms with Crippen LogP contribution in [0, 0.1) is 0 Å². The van der Waals surface area contributed by atoms with Crippen LogP contribution in [0.1, 0.15) is 25.1 Å². The zero-order valence-electron chi connectivity index (χ0n) is 12.0. The van der Waals surface area contributed by atoms with Crippen molar-refractivity contribution in [2.75, 3.05) is 0 Å². The van der Waals surface area contributed by atoms with Crippen molar-refractivity contribution < 1.29 is 22.7 Å². The summed E-state index contributed by atoms with van der Waals surface area (Å²) in [5.74, 6) is -2.25. The molecule has 1 heterocycles. The van der Waals surface area contributed by atoms with E-state index in [1.54, 1.807) is 0 Å². The fraction of sp³-hybridized carbons (Fsp3) is 0.357. The van der Waals surface area contributed by atoms with E-state index in [0.29, 0.717) is 6.54 Å². The van der Waals surface area contributed by atoms with Crippen LogP contribution in [0.5, 0.6) is 0 Å². The fourth-order valence-corrected chi connectivity index (χ4v) is 1.94. The lowest BCUT2D eigenvalue weighted by molar-refractivity contribution is -0.213. The number of alkyl halides is 3. The minimum atomic E-state index is -5.05. The molecule has 0 aliphatic rings. The third-order valence-electron chi connectivity index (χ3n) is 2.99. The summed E-state index contributed by atoms with van der Waals surface area (Å²) in [6, 6.07) is 9.21. The standard InChI is InChI=1S/C14H14F3N3O2/c1-13(2,22-12(21)14(15,16)17)11-8-18-19-20(11)9-10-6-4-3-5-7-10/h3-8H,9H2,1-2H3. The lowest BCUT2D eigenvalue weighted by atomic mass is 10.1. The first-order chi connectivity index (χ1) is 10.2. The second-order valence-electron chi connectivity index (χ2n) is 5.16. The number of aromatic nitrogens is 3. The van der Waals surface area contributed by atoms with Gasteiger partial charge in [-0.2, -0.15) is 13.2 Å². The van der Waals surface area contributed by atoms with Gasteiger partial charge >= 0.3 is 12.1 Å². The van der Waals surface area contributed by atoms with Crippen LogP contribution in [0.2, 0.25) is 0 Å². The molecule has 0 aliphatic heterocycles. The van der Waals surface area contributed by atoms with E-state index in [0.717, 1.165) is 5.56 Å². The van der Waals surface area contributed by atoms with E-state index in [1.165, 1.54) is 24.7 Å². The Morgan fingerprint density at radius 1 is 1.23 bits per heavy atom. The van der Waals surface area contributed by atoms with Crippen LogP contribution in [-0.2, 0) is 21.7 Å². The molecule has 0 saturated heterocycles. The monoisotopic (exact) mass is 313 g/mol. The maximum atomic E-state index is 12.4. The van der Waals surface area contributed by atoms with Gasteiger partial charge in [0.2, 0.25) is 0 Å². The summed E-state index contributed by atoms with van der Waals surface area (Å²) in [7, 11) is 0. The molecule has 0 atom stereocenters. The van der Waals surface area contributed by atoms with E-state index < -0.39 is 17.7 Å². The van der Waals surface area contributed by atoms with Crippen LogP contribution in [0.3, 0.4) is 0 Å². The molecule has 8 heteroatoms. The van der Waals surface area contributed by atoms with Crippen LogP contribution >= 0.6 is 0 Å². The minimum absolute atomic E-state index is 0.272. The number of ether oxygens (including phenoxy) is 1. The molecule has 22 heavy (non-hydrogen) atoms. The number of carbonyl (C=O) groups is 1. The molecule has 0 fully saturated rings. The van der Waals surface area contributed by atoms with Gasteiger partial charge in [-0.15, -0.1) is 5.10 Å². The summed E-state index contributed by atoms with van der Waals surface area (Å²) < 4.78 is 43.0. The molecule has 5 nitrogen and oxygen atoms in total. The van der Waals surface area contributed by atoms with Crippen molar-refractivity contribution >= 4 is 5.97 Å². The summed E-state index contributed by atoms with van der Waals surface area (Å²) in [5.41, 5.74) is -0.341. The average molecular weight is 313 g/mol. The highest BCUT2D eigenvalue weighted by atomic mass is 19.4. The number of rotatable bonds is 4. The Kier molecular flexibility index (Phi) is 4.20. The quantitative estimate of drug-likeness (QED) is 0.814. The normalized spacial score (nSPS) is 12.2. The molecule has 2 rings (SSSR count). The molecule has 1 aromatic carbocycles. The van der Waals surface area contributed by atoms with E-state index in [1.807, 2.05) is 30.3 Å². The minimum Gasteiger partial charge on any atom is -0.446 e. The highest BCUT2D eigenvalue weighted by molar-refractivity contribution is 5.76. The molecule has 1 aromatic heterocycles. The van der Waals surface area contributed by atoms with Crippen molar-refractivity contribution in [2.45, 2.75) is 32.2 Å². The Morgan fingerprint density at radius 2 is 1.86 bits per heavy atom. The summed E-state index contributed by atoms with van der Waals surface area (Å²) in [6.45, 7) is 3.02. The van der Waals surface area contributed by atoms with Crippen molar-refractivity contribution in [1.29, 1.82) is 0 Å². The van der Waals surface area contributed by atoms with Gasteiger partial charge in [-0.1, -0.05) is 35.5 Å². The average Bonchev–Trinajstić information content (AvgIpc) is 2.87. The maximum absolute atomic E-state index is 12.4. The number of hydrogen-bond acceptors (Lipinski definition) is 4. The third kappa shape index (κ3) is 3.63. The lowest BCUT2D eigenvalue weighted by Crippen LogP contribution is -2.35. The van der Waals surface area contributed by atoms with Gasteiger partial charge in [0.1, 0.15) is 11.3 Å². The first-order valence-corrected chi connectivity index (χ1v) is 6.43. The van der Waals surface area contributed by atoms with Gasteiger partial charge in [0.15, 0.2) is 0 Å². The Bertz CT molecular complexity index is 651. The molecule has 0 N–H and O–H groups in total. The number of carbonyl (C=O) groups excluding carboxylic acids is 1. The van der Waals surface area contributed by atoms with E-state index >= 15 is 0 Å². The second kappa shape index (κ2) is 5.78. The van der Waals surface area contributed by atoms with Crippen molar-refractivity contribution in [2.24, 2.45) is 0 Å². The largest absolute Gasteiger partial charge is 0.490 e. The second-order valence-corrected chi connectivity index (χ2v) is 5.16. The van der Waals surface area contributed by atoms with Crippen LogP contribution in [0.25, 0.3) is 0 Å². The lowest BCUT2D eigenvalue weighted by Gasteiger charge is -2.25. The first kappa shape index (κ1) is 16.0. The van der Waals surface area contributed by atoms with Gasteiger partial charge in [-0.05, 0) is 19.4 Å². The van der Waals surface area contributed by atoms with Gasteiger partial charge in [0, 0.05) is 0 Å². The highest BCUT2D eigenvalue weighted by Crippen LogP contribution is 2.28. The Hall–Kier alpha value is -2.38. The van der Waals surface area contributed by atoms with Gasteiger partial charge in [0.05, 0.1) is 12.7 Å². The molecule has 0 radical (unpaired) electrons. The van der Waals surface area contributed by atoms with Crippen molar-refractivity contribution in [3.63, 3.8) is 0 Å². The molecule has 0 bridgehead atoms. The van der Waals surface area contributed by atoms with Crippen molar-refractivity contribution in [3.8, 4) is 0 Å². The summed E-state index contributed by atoms with van der Waals surface area (Å²) in [5, 5.41) is 7.54. The van der Waals surface area contributed by atoms with E-state index in [9.17, 15) is 18.0 Å². The van der Waals surface area contributed by atoms with Crippen LogP contribution in [0.4, 0.5) is 13.2 Å². The summed E-state index contributed by atoms with van der Waals surface area (Å²) in [6.07, 6.45) is -3.76. The van der Waals surface area contributed by atoms with E-state index in [-0.39, 0.29) is 5.69 Å². The number of hydrogen-bond donors (Lipinski definition) is 0. The van der Waals surface area contributed by atoms with Gasteiger partial charge in [-0.25, -0.2) is 9.48 Å². The van der Waals surface area contributed by atoms with Gasteiger partial charge < -0.3 is 4.74 Å². The van der Waals surface area contributed by atoms with Crippen LogP contribution < -0.4 is 0 Å². The molecule has 0 aliphatic carbocycles. The highest BCUT2D eigenvalue weighted by Gasteiger charge is 2.45. The smallest absolute Gasteiger partial charge is 0.446 e. The Balaban J connectivity index is 2.22. The van der Waals surface area contributed by atoms with Crippen molar-refractivity contribution in [1.82, 2.24) is 15.0 Å². The van der Waals surface area contributed by atoms with E-state index in [2.05, 4.69) is 15.0 Å². The Morgan fingerprint density at radius 3 is 2.45 bits per heavy atom. The number of esters is 1. The zero-order valence-corrected chi connectivity index (χ0v) is 12.0. The van der Waals surface area contributed by atoms with Gasteiger partial charge in [-0.3, -0.25) is 0 Å². The number of nitrogens with zero attached hydrogens (tertiary/aromatic N) is 3. The molecule has 0 unspecified atom stereocenters. The van der Waals surface area contributed by atoms with Crippen molar-refractivity contribution in [3.05, 3.63) is 47.8 Å². The molecule has 118 valence electrons. The fourth-order valence-electron chi connectivity index (χ4n) is 1.94. The topological polar surface area (TPSA) is 57.0 Å².